The van der Waals surface area contributed by atoms with Gasteiger partial charge < -0.3 is 24.4 Å². The molecule has 1 amide bonds. The largest absolute Gasteiger partial charge is 0.457 e. The molecule has 1 aliphatic rings. The molecule has 1 aliphatic carbocycles. The second-order valence-electron chi connectivity index (χ2n) is 13.5. The second-order valence-corrected chi connectivity index (χ2v) is 18.3. The van der Waals surface area contributed by atoms with Crippen molar-refractivity contribution < 1.29 is 27.1 Å². The van der Waals surface area contributed by atoms with Crippen molar-refractivity contribution in [1.29, 1.82) is 0 Å². The lowest BCUT2D eigenvalue weighted by molar-refractivity contribution is -0.144. The summed E-state index contributed by atoms with van der Waals surface area (Å²) in [6.07, 6.45) is 0.395. The molecule has 3 aromatic heterocycles. The number of fused-ring (bicyclic) bond motifs is 1. The maximum absolute atomic E-state index is 14.1. The Morgan fingerprint density at radius 1 is 1.02 bits per heavy atom. The van der Waals surface area contributed by atoms with Crippen molar-refractivity contribution in [3.8, 4) is 11.5 Å². The van der Waals surface area contributed by atoms with Gasteiger partial charge in [0.1, 0.15) is 23.0 Å². The lowest BCUT2D eigenvalue weighted by Crippen LogP contribution is -2.44. The van der Waals surface area contributed by atoms with Gasteiger partial charge in [-0.2, -0.15) is 18.3 Å². The SMILES string of the molecule is CC(=O)Nc1cc(Oc2ccc3nc(Nc4cc(C(F)(F)F)n(C[C@H]5CC[C@@H](O[Si](C)(C)C(C)(C)C)CC5)n4)n(C)c3c2)ccn1. The van der Waals surface area contributed by atoms with Crippen LogP contribution < -0.4 is 15.4 Å². The third-order valence-corrected chi connectivity index (χ3v) is 13.5. The number of aromatic nitrogens is 5. The summed E-state index contributed by atoms with van der Waals surface area (Å²) in [7, 11) is -0.147. The summed E-state index contributed by atoms with van der Waals surface area (Å²) >= 11 is 0. The molecule has 14 heteroatoms. The number of rotatable bonds is 9. The molecule has 0 atom stereocenters. The van der Waals surface area contributed by atoms with Gasteiger partial charge >= 0.3 is 6.18 Å². The van der Waals surface area contributed by atoms with Gasteiger partial charge in [0.15, 0.2) is 14.1 Å². The summed E-state index contributed by atoms with van der Waals surface area (Å²) in [5, 5.41) is 10.0. The predicted octanol–water partition coefficient (Wildman–Crippen LogP) is 8.26. The minimum atomic E-state index is -4.55. The van der Waals surface area contributed by atoms with Crippen LogP contribution in [0, 0.1) is 5.92 Å². The highest BCUT2D eigenvalue weighted by Crippen LogP contribution is 2.40. The number of alkyl halides is 3. The molecule has 1 fully saturated rings. The van der Waals surface area contributed by atoms with Gasteiger partial charge in [0.05, 0.1) is 11.0 Å². The van der Waals surface area contributed by atoms with Crippen molar-refractivity contribution in [1.82, 2.24) is 24.3 Å². The maximum atomic E-state index is 14.1. The number of hydrogen-bond acceptors (Lipinski definition) is 7. The summed E-state index contributed by atoms with van der Waals surface area (Å²) in [6, 6.07) is 9.57. The Bertz CT molecular complexity index is 1700. The van der Waals surface area contributed by atoms with Gasteiger partial charge in [-0.3, -0.25) is 9.48 Å². The van der Waals surface area contributed by atoms with E-state index in [-0.39, 0.29) is 35.3 Å². The summed E-state index contributed by atoms with van der Waals surface area (Å²) in [4.78, 5) is 20.0. The van der Waals surface area contributed by atoms with Crippen molar-refractivity contribution in [2.75, 3.05) is 10.6 Å². The van der Waals surface area contributed by atoms with Crippen molar-refractivity contribution in [3.05, 3.63) is 48.3 Å². The normalized spacial score (nSPS) is 17.7. The first kappa shape index (κ1) is 33.5. The number of carbonyl (C=O) groups is 1. The maximum Gasteiger partial charge on any atom is 0.433 e. The topological polar surface area (TPSA) is 108 Å². The van der Waals surface area contributed by atoms with Gasteiger partial charge in [0.25, 0.3) is 0 Å². The van der Waals surface area contributed by atoms with Crippen LogP contribution in [0.3, 0.4) is 0 Å². The molecule has 0 radical (unpaired) electrons. The molecule has 3 heterocycles. The van der Waals surface area contributed by atoms with Gasteiger partial charge in [0.2, 0.25) is 11.9 Å². The fourth-order valence-electron chi connectivity index (χ4n) is 5.43. The molecule has 4 aromatic rings. The van der Waals surface area contributed by atoms with Crippen LogP contribution in [0.25, 0.3) is 11.0 Å². The van der Waals surface area contributed by atoms with E-state index in [1.807, 2.05) is 0 Å². The number of anilines is 3. The number of nitrogens with one attached hydrogen (secondary N) is 2. The Kier molecular flexibility index (Phi) is 9.24. The van der Waals surface area contributed by atoms with E-state index in [0.29, 0.717) is 34.3 Å². The zero-order chi connectivity index (χ0) is 33.4. The highest BCUT2D eigenvalue weighted by Gasteiger charge is 2.40. The van der Waals surface area contributed by atoms with Crippen LogP contribution in [0.4, 0.5) is 30.8 Å². The van der Waals surface area contributed by atoms with E-state index in [9.17, 15) is 18.0 Å². The number of benzene rings is 1. The molecule has 0 bridgehead atoms. The Morgan fingerprint density at radius 2 is 1.72 bits per heavy atom. The number of aryl methyl sites for hydroxylation is 1. The van der Waals surface area contributed by atoms with Gasteiger partial charge in [-0.15, -0.1) is 0 Å². The minimum Gasteiger partial charge on any atom is -0.457 e. The van der Waals surface area contributed by atoms with Crippen molar-refractivity contribution in [2.24, 2.45) is 13.0 Å². The molecular formula is C32H42F3N7O3Si. The number of hydrogen-bond donors (Lipinski definition) is 2. The third-order valence-electron chi connectivity index (χ3n) is 8.93. The van der Waals surface area contributed by atoms with Crippen LogP contribution in [-0.2, 0) is 29.0 Å². The number of ether oxygens (including phenoxy) is 1. The van der Waals surface area contributed by atoms with Crippen LogP contribution in [0.5, 0.6) is 11.5 Å². The number of nitrogens with zero attached hydrogens (tertiary/aromatic N) is 5. The lowest BCUT2D eigenvalue weighted by atomic mass is 9.87. The molecule has 46 heavy (non-hydrogen) atoms. The van der Waals surface area contributed by atoms with Crippen LogP contribution in [0.1, 0.15) is 59.1 Å². The zero-order valence-corrected chi connectivity index (χ0v) is 28.3. The van der Waals surface area contributed by atoms with Gasteiger partial charge in [-0.05, 0) is 67.9 Å². The van der Waals surface area contributed by atoms with Crippen LogP contribution >= 0.6 is 0 Å². The van der Waals surface area contributed by atoms with Gasteiger partial charge in [0, 0.05) is 51.0 Å². The summed E-state index contributed by atoms with van der Waals surface area (Å²) in [5.74, 6) is 1.58. The molecule has 1 aromatic carbocycles. The summed E-state index contributed by atoms with van der Waals surface area (Å²) in [6.45, 7) is 12.7. The average molecular weight is 658 g/mol. The fraction of sp³-hybridized carbons (Fsp3) is 0.500. The Labute approximate surface area is 267 Å². The molecule has 248 valence electrons. The number of halogens is 3. The second kappa shape index (κ2) is 12.7. The van der Waals surface area contributed by atoms with Gasteiger partial charge in [-0.25, -0.2) is 9.97 Å². The van der Waals surface area contributed by atoms with E-state index in [2.05, 4.69) is 59.6 Å². The average Bonchev–Trinajstić information content (AvgIpc) is 3.49. The zero-order valence-electron chi connectivity index (χ0n) is 27.3. The monoisotopic (exact) mass is 657 g/mol. The molecule has 10 nitrogen and oxygen atoms in total. The fourth-order valence-corrected chi connectivity index (χ4v) is 6.86. The van der Waals surface area contributed by atoms with E-state index >= 15 is 0 Å². The van der Waals surface area contributed by atoms with Crippen molar-refractivity contribution >= 4 is 42.8 Å². The minimum absolute atomic E-state index is 0.0689. The number of carbonyl (C=O) groups excluding carboxylic acids is 1. The van der Waals surface area contributed by atoms with Crippen LogP contribution in [0.2, 0.25) is 18.1 Å². The smallest absolute Gasteiger partial charge is 0.433 e. The Morgan fingerprint density at radius 3 is 2.37 bits per heavy atom. The number of imidazole rings is 1. The predicted molar refractivity (Wildman–Crippen MR) is 174 cm³/mol. The molecule has 0 spiro atoms. The molecule has 0 aliphatic heterocycles. The first-order valence-electron chi connectivity index (χ1n) is 15.5. The lowest BCUT2D eigenvalue weighted by Gasteiger charge is -2.41. The van der Waals surface area contributed by atoms with E-state index in [4.69, 9.17) is 9.16 Å². The Balaban J connectivity index is 1.29. The highest BCUT2D eigenvalue weighted by molar-refractivity contribution is 6.74. The molecular weight excluding hydrogens is 615 g/mol. The van der Waals surface area contributed by atoms with E-state index in [1.165, 1.54) is 13.1 Å². The molecule has 1 saturated carbocycles. The molecule has 2 N–H and O–H groups in total. The molecule has 0 unspecified atom stereocenters. The summed E-state index contributed by atoms with van der Waals surface area (Å²) in [5.41, 5.74) is 0.529. The molecule has 5 rings (SSSR count). The van der Waals surface area contributed by atoms with Gasteiger partial charge in [-0.1, -0.05) is 20.8 Å². The number of amides is 1. The summed E-state index contributed by atoms with van der Waals surface area (Å²) < 4.78 is 57.7. The highest BCUT2D eigenvalue weighted by atomic mass is 28.4. The van der Waals surface area contributed by atoms with Crippen molar-refractivity contribution in [2.45, 2.75) is 90.3 Å². The first-order chi connectivity index (χ1) is 21.5. The van der Waals surface area contributed by atoms with E-state index in [1.54, 1.807) is 41.9 Å². The third kappa shape index (κ3) is 7.72. The first-order valence-corrected chi connectivity index (χ1v) is 18.4. The van der Waals surface area contributed by atoms with Crippen LogP contribution in [0.15, 0.2) is 42.6 Å². The molecule has 0 saturated heterocycles. The standard InChI is InChI=1S/C32H42F3N7O3Si/c1-20(43)37-28-17-24(14-15-36-28)44-23-12-13-25-26(16-23)41(5)30(38-25)39-29-18-27(32(33,34)35)42(40-29)19-21-8-10-22(11-9-21)45-46(6,7)31(2,3)4/h12-18,21-22H,8-11,19H2,1-7H3,(H,36,37,43)(H,38,39,40)/t21-,22+. The quantitative estimate of drug-likeness (QED) is 0.175. The number of pyridine rings is 1. The van der Waals surface area contributed by atoms with Crippen LogP contribution in [-0.4, -0.2) is 44.6 Å². The van der Waals surface area contributed by atoms with E-state index < -0.39 is 20.2 Å². The van der Waals surface area contributed by atoms with Crippen molar-refractivity contribution in [3.63, 3.8) is 0 Å². The Hall–Kier alpha value is -3.91. The van der Waals surface area contributed by atoms with E-state index in [0.717, 1.165) is 36.4 Å².